The summed E-state index contributed by atoms with van der Waals surface area (Å²) >= 11 is 0. The molecule has 29 heavy (non-hydrogen) atoms. The van der Waals surface area contributed by atoms with Gasteiger partial charge < -0.3 is 15.4 Å². The molecule has 0 unspecified atom stereocenters. The third-order valence-corrected chi connectivity index (χ3v) is 3.93. The summed E-state index contributed by atoms with van der Waals surface area (Å²) < 4.78 is 5.96. The molecule has 2 N–H and O–H groups in total. The lowest BCUT2D eigenvalue weighted by Crippen LogP contribution is -2.03. The van der Waals surface area contributed by atoms with Gasteiger partial charge >= 0.3 is 0 Å². The highest BCUT2D eigenvalue weighted by Gasteiger charge is 2.07. The van der Waals surface area contributed by atoms with Crippen LogP contribution in [0.3, 0.4) is 0 Å². The third kappa shape index (κ3) is 4.64. The molecule has 0 spiro atoms. The van der Waals surface area contributed by atoms with Gasteiger partial charge in [0.2, 0.25) is 5.95 Å². The Morgan fingerprint density at radius 1 is 0.862 bits per heavy atom. The minimum absolute atomic E-state index is 0.312. The molecule has 4 rings (SSSR count). The monoisotopic (exact) mass is 380 g/mol. The lowest BCUT2D eigenvalue weighted by atomic mass is 10.2. The van der Waals surface area contributed by atoms with Gasteiger partial charge in [-0.1, -0.05) is 36.4 Å². The number of benzene rings is 3. The number of nitrogens with one attached hydrogen (secondary N) is 2. The topological polar surface area (TPSA) is 95.8 Å². The van der Waals surface area contributed by atoms with Crippen molar-refractivity contribution >= 4 is 23.1 Å². The number of anilines is 4. The minimum atomic E-state index is 0.312. The lowest BCUT2D eigenvalue weighted by molar-refractivity contribution is 0.485. The van der Waals surface area contributed by atoms with Gasteiger partial charge in [-0.25, -0.2) is 0 Å². The quantitative estimate of drug-likeness (QED) is 0.485. The van der Waals surface area contributed by atoms with E-state index in [2.05, 4.69) is 31.9 Å². The molecular weight excluding hydrogens is 364 g/mol. The number of hydrogen-bond acceptors (Lipinski definition) is 7. The van der Waals surface area contributed by atoms with Crippen molar-refractivity contribution in [3.8, 4) is 17.6 Å². The number of nitriles is 1. The van der Waals surface area contributed by atoms with Gasteiger partial charge in [0, 0.05) is 5.69 Å². The van der Waals surface area contributed by atoms with Crippen molar-refractivity contribution in [2.75, 3.05) is 10.6 Å². The van der Waals surface area contributed by atoms with E-state index in [4.69, 9.17) is 10.00 Å². The molecule has 1 heterocycles. The first-order valence-electron chi connectivity index (χ1n) is 8.86. The Morgan fingerprint density at radius 3 is 2.55 bits per heavy atom. The van der Waals surface area contributed by atoms with Gasteiger partial charge in [-0.3, -0.25) is 0 Å². The molecule has 7 heteroatoms. The number of nitrogens with zero attached hydrogens (tertiary/aromatic N) is 4. The van der Waals surface area contributed by atoms with Gasteiger partial charge in [-0.15, -0.1) is 5.10 Å². The number of hydrogen-bond donors (Lipinski definition) is 2. The Balaban J connectivity index is 1.53. The normalized spacial score (nSPS) is 10.0. The van der Waals surface area contributed by atoms with E-state index in [0.29, 0.717) is 28.8 Å². The molecule has 0 aliphatic heterocycles. The molecule has 0 saturated carbocycles. The second-order valence-electron chi connectivity index (χ2n) is 6.02. The summed E-state index contributed by atoms with van der Waals surface area (Å²) in [5.41, 5.74) is 1.99. The van der Waals surface area contributed by atoms with Crippen LogP contribution in [-0.4, -0.2) is 15.2 Å². The maximum atomic E-state index is 9.02. The SMILES string of the molecule is N#Cc1cccc(Nc2nncc(Nc3ccccc3Oc3ccccc3)n2)c1. The van der Waals surface area contributed by atoms with Gasteiger partial charge in [-0.2, -0.15) is 15.3 Å². The van der Waals surface area contributed by atoms with Crippen LogP contribution in [0.2, 0.25) is 0 Å². The second-order valence-corrected chi connectivity index (χ2v) is 6.02. The van der Waals surface area contributed by atoms with E-state index >= 15 is 0 Å². The highest BCUT2D eigenvalue weighted by atomic mass is 16.5. The van der Waals surface area contributed by atoms with Crippen LogP contribution in [0.15, 0.2) is 85.1 Å². The third-order valence-electron chi connectivity index (χ3n) is 3.93. The molecule has 0 fully saturated rings. The summed E-state index contributed by atoms with van der Waals surface area (Å²) in [6.45, 7) is 0. The molecule has 0 bridgehead atoms. The largest absolute Gasteiger partial charge is 0.455 e. The van der Waals surface area contributed by atoms with E-state index in [1.165, 1.54) is 6.20 Å². The minimum Gasteiger partial charge on any atom is -0.455 e. The molecule has 0 amide bonds. The van der Waals surface area contributed by atoms with Gasteiger partial charge in [-0.05, 0) is 42.5 Å². The molecule has 1 aromatic heterocycles. The van der Waals surface area contributed by atoms with Crippen molar-refractivity contribution in [3.63, 3.8) is 0 Å². The van der Waals surface area contributed by atoms with Crippen LogP contribution in [0.5, 0.6) is 11.5 Å². The van der Waals surface area contributed by atoms with E-state index in [1.54, 1.807) is 18.2 Å². The number of para-hydroxylation sites is 3. The highest BCUT2D eigenvalue weighted by molar-refractivity contribution is 5.65. The fraction of sp³-hybridized carbons (Fsp3) is 0. The summed E-state index contributed by atoms with van der Waals surface area (Å²) in [6.07, 6.45) is 1.52. The highest BCUT2D eigenvalue weighted by Crippen LogP contribution is 2.31. The van der Waals surface area contributed by atoms with Crippen LogP contribution in [0, 0.1) is 11.3 Å². The van der Waals surface area contributed by atoms with E-state index in [9.17, 15) is 0 Å². The lowest BCUT2D eigenvalue weighted by Gasteiger charge is -2.13. The van der Waals surface area contributed by atoms with Crippen molar-refractivity contribution < 1.29 is 4.74 Å². The molecule has 0 radical (unpaired) electrons. The van der Waals surface area contributed by atoms with Crippen molar-refractivity contribution in [2.45, 2.75) is 0 Å². The van der Waals surface area contributed by atoms with Crippen LogP contribution in [0.1, 0.15) is 5.56 Å². The Bertz CT molecular complexity index is 1160. The fourth-order valence-electron chi connectivity index (χ4n) is 2.62. The Hall–Kier alpha value is -4.44. The van der Waals surface area contributed by atoms with Gasteiger partial charge in [0.05, 0.1) is 23.5 Å². The predicted molar refractivity (Wildman–Crippen MR) is 111 cm³/mol. The van der Waals surface area contributed by atoms with E-state index in [0.717, 1.165) is 11.4 Å². The van der Waals surface area contributed by atoms with Crippen molar-refractivity contribution in [1.82, 2.24) is 15.2 Å². The molecule has 0 saturated heterocycles. The zero-order chi connectivity index (χ0) is 19.9. The fourth-order valence-corrected chi connectivity index (χ4v) is 2.62. The van der Waals surface area contributed by atoms with Gasteiger partial charge in [0.1, 0.15) is 5.75 Å². The second kappa shape index (κ2) is 8.50. The van der Waals surface area contributed by atoms with Crippen LogP contribution >= 0.6 is 0 Å². The Labute approximate surface area is 167 Å². The molecule has 4 aromatic rings. The van der Waals surface area contributed by atoms with E-state index in [1.807, 2.05) is 60.7 Å². The summed E-state index contributed by atoms with van der Waals surface area (Å²) in [6, 6.07) is 26.3. The summed E-state index contributed by atoms with van der Waals surface area (Å²) in [4.78, 5) is 4.43. The summed E-state index contributed by atoms with van der Waals surface area (Å²) in [5.74, 6) is 2.21. The van der Waals surface area contributed by atoms with Crippen LogP contribution in [0.25, 0.3) is 0 Å². The molecule has 7 nitrogen and oxygen atoms in total. The smallest absolute Gasteiger partial charge is 0.249 e. The maximum Gasteiger partial charge on any atom is 0.249 e. The molecule has 3 aromatic carbocycles. The first kappa shape index (κ1) is 17.9. The van der Waals surface area contributed by atoms with Crippen LogP contribution in [-0.2, 0) is 0 Å². The van der Waals surface area contributed by atoms with Crippen LogP contribution < -0.4 is 15.4 Å². The molecule has 0 atom stereocenters. The Morgan fingerprint density at radius 2 is 1.69 bits per heavy atom. The van der Waals surface area contributed by atoms with Crippen LogP contribution in [0.4, 0.5) is 23.1 Å². The van der Waals surface area contributed by atoms with Gasteiger partial charge in [0.15, 0.2) is 11.6 Å². The Kier molecular flexibility index (Phi) is 5.26. The molecular formula is C22H16N6O. The molecule has 0 aliphatic carbocycles. The first-order chi connectivity index (χ1) is 14.3. The van der Waals surface area contributed by atoms with E-state index < -0.39 is 0 Å². The van der Waals surface area contributed by atoms with Gasteiger partial charge in [0.25, 0.3) is 0 Å². The molecule has 0 aliphatic rings. The average molecular weight is 380 g/mol. The van der Waals surface area contributed by atoms with Crippen molar-refractivity contribution in [2.24, 2.45) is 0 Å². The number of rotatable bonds is 6. The maximum absolute atomic E-state index is 9.02. The first-order valence-corrected chi connectivity index (χ1v) is 8.86. The van der Waals surface area contributed by atoms with E-state index in [-0.39, 0.29) is 0 Å². The van der Waals surface area contributed by atoms with Crippen molar-refractivity contribution in [1.29, 1.82) is 5.26 Å². The number of aromatic nitrogens is 3. The zero-order valence-electron chi connectivity index (χ0n) is 15.3. The standard InChI is InChI=1S/C22H16N6O/c23-14-16-7-6-8-17(13-16)25-22-27-21(15-24-28-22)26-19-11-4-5-12-20(19)29-18-9-2-1-3-10-18/h1-13,15H,(H2,25,26,27,28). The molecule has 140 valence electrons. The average Bonchev–Trinajstić information content (AvgIpc) is 2.76. The number of ether oxygens (including phenoxy) is 1. The summed E-state index contributed by atoms with van der Waals surface area (Å²) in [7, 11) is 0. The van der Waals surface area contributed by atoms with Crippen molar-refractivity contribution in [3.05, 3.63) is 90.6 Å². The summed E-state index contributed by atoms with van der Waals surface area (Å²) in [5, 5.41) is 23.3. The predicted octanol–water partition coefficient (Wildman–Crippen LogP) is 5.02. The zero-order valence-corrected chi connectivity index (χ0v) is 15.3.